The molecule has 7 rings (SSSR count). The first-order valence-electron chi connectivity index (χ1n) is 16.4. The van der Waals surface area contributed by atoms with E-state index in [1.54, 1.807) is 18.2 Å². The second kappa shape index (κ2) is 31.5. The van der Waals surface area contributed by atoms with Crippen LogP contribution in [0.2, 0.25) is 0 Å². The van der Waals surface area contributed by atoms with Crippen LogP contribution in [0.25, 0.3) is 0 Å². The molecule has 0 bridgehead atoms. The monoisotopic (exact) mass is 638 g/mol. The van der Waals surface area contributed by atoms with Gasteiger partial charge in [0.25, 0.3) is 0 Å². The number of aryl methyl sites for hydroxylation is 1. The number of rotatable bonds is 0. The molecule has 0 unspecified atom stereocenters. The molecule has 3 aliphatic rings. The molecule has 3 nitrogen and oxygen atoms in total. The summed E-state index contributed by atoms with van der Waals surface area (Å²) in [5.41, 5.74) is 1.32. The second-order valence-corrected chi connectivity index (χ2v) is 10.6. The van der Waals surface area contributed by atoms with E-state index in [2.05, 4.69) is 19.1 Å². The summed E-state index contributed by atoms with van der Waals surface area (Å²) in [6, 6.07) is 34.8. The lowest BCUT2D eigenvalue weighted by molar-refractivity contribution is -0.0963. The van der Waals surface area contributed by atoms with Crippen LogP contribution in [-0.2, 0) is 14.2 Å². The van der Waals surface area contributed by atoms with E-state index >= 15 is 0 Å². The molecule has 46 heavy (non-hydrogen) atoms. The third-order valence-corrected chi connectivity index (χ3v) is 6.45. The zero-order valence-corrected chi connectivity index (χ0v) is 27.5. The highest BCUT2D eigenvalue weighted by Gasteiger charge is 1.96. The predicted molar refractivity (Wildman–Crippen MR) is 184 cm³/mol. The maximum absolute atomic E-state index is 11.9. The molecule has 1 aliphatic carbocycles. The molecule has 4 aromatic rings. The summed E-state index contributed by atoms with van der Waals surface area (Å²) in [5.74, 6) is -1.25. The van der Waals surface area contributed by atoms with Gasteiger partial charge in [0, 0.05) is 19.3 Å². The van der Waals surface area contributed by atoms with Crippen molar-refractivity contribution in [2.24, 2.45) is 0 Å². The lowest BCUT2D eigenvalue weighted by atomic mass is 10.0. The molecule has 0 atom stereocenters. The van der Waals surface area contributed by atoms with Gasteiger partial charge in [-0.1, -0.05) is 135 Å². The lowest BCUT2D eigenvalue weighted by Crippen LogP contribution is -2.11. The van der Waals surface area contributed by atoms with Crippen molar-refractivity contribution in [1.29, 1.82) is 0 Å². The van der Waals surface area contributed by atoms with Crippen molar-refractivity contribution in [3.05, 3.63) is 144 Å². The summed E-state index contributed by atoms with van der Waals surface area (Å²) in [6.45, 7) is 6.33. The minimum absolute atomic E-state index is 0.178. The quantitative estimate of drug-likeness (QED) is 0.192. The van der Waals surface area contributed by atoms with Gasteiger partial charge in [-0.3, -0.25) is 0 Å². The van der Waals surface area contributed by atoms with Gasteiger partial charge in [-0.2, -0.15) is 0 Å². The summed E-state index contributed by atoms with van der Waals surface area (Å²) in [4.78, 5) is 0. The first kappa shape index (κ1) is 40.6. The van der Waals surface area contributed by atoms with Gasteiger partial charge in [-0.15, -0.1) is 0 Å². The van der Waals surface area contributed by atoms with Gasteiger partial charge in [-0.05, 0) is 56.9 Å². The molecule has 0 amide bonds. The first-order chi connectivity index (χ1) is 22.6. The summed E-state index contributed by atoms with van der Waals surface area (Å²) in [6.07, 6.45) is 14.0. The molecule has 0 spiro atoms. The Balaban J connectivity index is 0.000000269. The molecule has 252 valence electrons. The van der Waals surface area contributed by atoms with Crippen molar-refractivity contribution in [1.82, 2.24) is 0 Å². The largest absolute Gasteiger partial charge is 0.381 e. The van der Waals surface area contributed by atoms with E-state index in [0.29, 0.717) is 6.79 Å². The van der Waals surface area contributed by atoms with Gasteiger partial charge >= 0.3 is 0 Å². The van der Waals surface area contributed by atoms with Crippen molar-refractivity contribution < 1.29 is 27.4 Å². The average Bonchev–Trinajstić information content (AvgIpc) is 3.14. The average molecular weight is 639 g/mol. The van der Waals surface area contributed by atoms with Crippen molar-refractivity contribution in [2.45, 2.75) is 71.1 Å². The van der Waals surface area contributed by atoms with Gasteiger partial charge in [0.1, 0.15) is 24.2 Å². The fourth-order valence-corrected chi connectivity index (χ4v) is 3.98. The number of halogens is 3. The van der Waals surface area contributed by atoms with Crippen LogP contribution in [0.3, 0.4) is 0 Å². The standard InChI is InChI=1S/C7H8.C6H4F2.C6H5F.C6H12.C6H6.C5H10O.C4H8O2/c1-7-5-3-2-4-6-7;7-5-2-1-3-6(8)4-5;7-6-4-2-1-3-5-6;3*1-2-4-6-5-3-1;1-2-5-4-6-3-1/h2-6H,1H3;1-4H;1-5H;1-6H2;1-6H;1-5H2;1-4H2. The van der Waals surface area contributed by atoms with Crippen LogP contribution >= 0.6 is 0 Å². The Morgan fingerprint density at radius 3 is 0.913 bits per heavy atom. The summed E-state index contributed by atoms with van der Waals surface area (Å²) in [7, 11) is 0. The van der Waals surface area contributed by atoms with Crippen LogP contribution in [-0.4, -0.2) is 33.2 Å². The van der Waals surface area contributed by atoms with Crippen LogP contribution < -0.4 is 0 Å². The van der Waals surface area contributed by atoms with E-state index in [-0.39, 0.29) is 5.82 Å². The summed E-state index contributed by atoms with van der Waals surface area (Å²) >= 11 is 0. The highest BCUT2D eigenvalue weighted by atomic mass is 19.1. The lowest BCUT2D eigenvalue weighted by Gasteiger charge is -2.09. The van der Waals surface area contributed by atoms with Gasteiger partial charge in [0.2, 0.25) is 0 Å². The normalized spacial score (nSPS) is 14.7. The fraction of sp³-hybridized carbons (Fsp3) is 0.400. The Morgan fingerprint density at radius 1 is 0.370 bits per heavy atom. The Labute approximate surface area is 275 Å². The van der Waals surface area contributed by atoms with Crippen LogP contribution in [0.4, 0.5) is 13.2 Å². The smallest absolute Gasteiger partial charge is 0.146 e. The molecule has 2 saturated heterocycles. The van der Waals surface area contributed by atoms with E-state index in [4.69, 9.17) is 14.2 Å². The second-order valence-electron chi connectivity index (χ2n) is 10.6. The highest BCUT2D eigenvalue weighted by Crippen LogP contribution is 2.15. The minimum atomic E-state index is -0.537. The molecule has 4 aromatic carbocycles. The zero-order valence-electron chi connectivity index (χ0n) is 27.5. The number of benzene rings is 4. The Hall–Kier alpha value is -3.45. The van der Waals surface area contributed by atoms with E-state index < -0.39 is 11.6 Å². The molecule has 0 N–H and O–H groups in total. The van der Waals surface area contributed by atoms with Crippen molar-refractivity contribution in [3.63, 3.8) is 0 Å². The number of hydrogen-bond acceptors (Lipinski definition) is 3. The minimum Gasteiger partial charge on any atom is -0.381 e. The van der Waals surface area contributed by atoms with E-state index in [9.17, 15) is 13.2 Å². The Morgan fingerprint density at radius 2 is 0.717 bits per heavy atom. The Kier molecular flexibility index (Phi) is 27.8. The van der Waals surface area contributed by atoms with Crippen molar-refractivity contribution in [3.8, 4) is 0 Å². The maximum atomic E-state index is 11.9. The van der Waals surface area contributed by atoms with Crippen molar-refractivity contribution in [2.75, 3.05) is 33.2 Å². The molecule has 0 radical (unpaired) electrons. The maximum Gasteiger partial charge on any atom is 0.146 e. The SMILES string of the molecule is C1CCCCC1.C1CCOCC1.C1COCOC1.Cc1ccccc1.Fc1cccc(F)c1.Fc1ccccc1.c1ccccc1. The first-order valence-corrected chi connectivity index (χ1v) is 16.4. The van der Waals surface area contributed by atoms with Gasteiger partial charge in [0.15, 0.2) is 0 Å². The van der Waals surface area contributed by atoms with Crippen LogP contribution in [0.1, 0.15) is 69.8 Å². The van der Waals surface area contributed by atoms with E-state index in [1.165, 1.54) is 93.7 Å². The fourth-order valence-electron chi connectivity index (χ4n) is 3.98. The Bertz CT molecular complexity index is 991. The van der Waals surface area contributed by atoms with Crippen molar-refractivity contribution >= 4 is 0 Å². The molecule has 0 aromatic heterocycles. The van der Waals surface area contributed by atoms with Crippen LogP contribution in [0.15, 0.2) is 121 Å². The molecule has 1 saturated carbocycles. The van der Waals surface area contributed by atoms with E-state index in [1.807, 2.05) is 54.6 Å². The van der Waals surface area contributed by atoms with E-state index in [0.717, 1.165) is 38.9 Å². The van der Waals surface area contributed by atoms with Gasteiger partial charge in [-0.25, -0.2) is 13.2 Å². The molecule has 2 heterocycles. The van der Waals surface area contributed by atoms with Gasteiger partial charge < -0.3 is 14.2 Å². The van der Waals surface area contributed by atoms with Gasteiger partial charge in [0.05, 0.1) is 13.2 Å². The molecule has 2 aliphatic heterocycles. The molecular weight excluding hydrogens is 585 g/mol. The van der Waals surface area contributed by atoms with Crippen LogP contribution in [0, 0.1) is 24.4 Å². The molecule has 6 heteroatoms. The predicted octanol–water partition coefficient (Wildman–Crippen LogP) is 11.4. The number of ether oxygens (including phenoxy) is 3. The number of hydrogen-bond donors (Lipinski definition) is 0. The zero-order chi connectivity index (χ0) is 33.2. The summed E-state index contributed by atoms with van der Waals surface area (Å²) < 4.78 is 50.5. The molecular formula is C40H53F3O3. The third-order valence-electron chi connectivity index (χ3n) is 6.45. The highest BCUT2D eigenvalue weighted by molar-refractivity contribution is 5.11. The molecule has 3 fully saturated rings. The third kappa shape index (κ3) is 29.3. The summed E-state index contributed by atoms with van der Waals surface area (Å²) in [5, 5.41) is 0. The van der Waals surface area contributed by atoms with Crippen LogP contribution in [0.5, 0.6) is 0 Å². The topological polar surface area (TPSA) is 27.7 Å².